The molecule has 0 atom stereocenters. The predicted molar refractivity (Wildman–Crippen MR) is 38.3 cm³/mol. The maximum absolute atomic E-state index is 8.13. The van der Waals surface area contributed by atoms with Gasteiger partial charge in [0.05, 0.1) is 0 Å². The molecule has 5 heteroatoms. The van der Waals surface area contributed by atoms with Crippen LogP contribution in [0.1, 0.15) is 12.2 Å². The summed E-state index contributed by atoms with van der Waals surface area (Å²) in [5.74, 6) is 0.865. The van der Waals surface area contributed by atoms with Gasteiger partial charge in [0.1, 0.15) is 12.2 Å². The summed E-state index contributed by atoms with van der Waals surface area (Å²) in [6, 6.07) is 0. The average molecular weight is 151 g/mol. The van der Waals surface area contributed by atoms with Crippen LogP contribution in [0.25, 0.3) is 0 Å². The van der Waals surface area contributed by atoms with Gasteiger partial charge in [0.2, 0.25) is 0 Å². The van der Waals surface area contributed by atoms with Crippen molar-refractivity contribution in [3.63, 3.8) is 0 Å². The van der Waals surface area contributed by atoms with Gasteiger partial charge in [0.15, 0.2) is 6.19 Å². The average Bonchev–Trinajstić information content (AvgIpc) is 2.50. The summed E-state index contributed by atoms with van der Waals surface area (Å²) in [6.45, 7) is 0.692. The van der Waals surface area contributed by atoms with E-state index < -0.39 is 0 Å². The van der Waals surface area contributed by atoms with Crippen molar-refractivity contribution < 1.29 is 0 Å². The lowest BCUT2D eigenvalue weighted by atomic mass is 10.3. The minimum atomic E-state index is 0.692. The Balaban J connectivity index is 2.10. The van der Waals surface area contributed by atoms with Crippen LogP contribution in [0.15, 0.2) is 6.33 Å². The molecule has 0 fully saturated rings. The van der Waals surface area contributed by atoms with E-state index in [0.29, 0.717) is 6.54 Å². The third-order valence-corrected chi connectivity index (χ3v) is 1.26. The number of nitrogens with zero attached hydrogens (tertiary/aromatic N) is 3. The van der Waals surface area contributed by atoms with Gasteiger partial charge in [-0.15, -0.1) is 0 Å². The number of nitrogens with one attached hydrogen (secondary N) is 2. The smallest absolute Gasteiger partial charge is 0.176 e. The van der Waals surface area contributed by atoms with Crippen molar-refractivity contribution in [2.24, 2.45) is 0 Å². The van der Waals surface area contributed by atoms with Gasteiger partial charge in [-0.3, -0.25) is 5.10 Å². The SMILES string of the molecule is N#CNCCCc1ncn[nH]1. The number of hydrogen-bond donors (Lipinski definition) is 2. The fourth-order valence-electron chi connectivity index (χ4n) is 0.751. The number of H-pyrrole nitrogens is 1. The lowest BCUT2D eigenvalue weighted by Gasteiger charge is -1.93. The molecule has 1 rings (SSSR count). The molecular weight excluding hydrogens is 142 g/mol. The highest BCUT2D eigenvalue weighted by Crippen LogP contribution is 1.90. The second kappa shape index (κ2) is 4.28. The number of nitriles is 1. The van der Waals surface area contributed by atoms with Crippen molar-refractivity contribution in [1.29, 1.82) is 5.26 Å². The van der Waals surface area contributed by atoms with Crippen molar-refractivity contribution in [3.05, 3.63) is 12.2 Å². The van der Waals surface area contributed by atoms with Crippen LogP contribution in [0.4, 0.5) is 0 Å². The molecule has 58 valence electrons. The molecule has 0 aliphatic heterocycles. The van der Waals surface area contributed by atoms with E-state index >= 15 is 0 Å². The van der Waals surface area contributed by atoms with Gasteiger partial charge >= 0.3 is 0 Å². The van der Waals surface area contributed by atoms with Gasteiger partial charge in [-0.2, -0.15) is 10.4 Å². The summed E-state index contributed by atoms with van der Waals surface area (Å²) < 4.78 is 0. The first-order valence-corrected chi connectivity index (χ1v) is 3.39. The van der Waals surface area contributed by atoms with Crippen molar-refractivity contribution in [1.82, 2.24) is 20.5 Å². The molecule has 1 heterocycles. The van der Waals surface area contributed by atoms with E-state index in [1.165, 1.54) is 6.33 Å². The molecule has 0 saturated heterocycles. The maximum Gasteiger partial charge on any atom is 0.176 e. The molecule has 0 spiro atoms. The highest BCUT2D eigenvalue weighted by molar-refractivity contribution is 4.80. The molecule has 1 aromatic heterocycles. The molecule has 2 N–H and O–H groups in total. The molecule has 0 saturated carbocycles. The summed E-state index contributed by atoms with van der Waals surface area (Å²) in [4.78, 5) is 3.94. The van der Waals surface area contributed by atoms with E-state index in [0.717, 1.165) is 18.7 Å². The van der Waals surface area contributed by atoms with Gasteiger partial charge in [0, 0.05) is 13.0 Å². The zero-order valence-electron chi connectivity index (χ0n) is 6.04. The van der Waals surface area contributed by atoms with Crippen molar-refractivity contribution in [2.75, 3.05) is 6.54 Å². The van der Waals surface area contributed by atoms with E-state index in [1.807, 2.05) is 6.19 Å². The first kappa shape index (κ1) is 7.54. The Hall–Kier alpha value is -1.57. The second-order valence-electron chi connectivity index (χ2n) is 2.07. The van der Waals surface area contributed by atoms with Gasteiger partial charge in [0.25, 0.3) is 0 Å². The zero-order chi connectivity index (χ0) is 7.94. The number of rotatable bonds is 4. The van der Waals surface area contributed by atoms with Crippen LogP contribution in [0.2, 0.25) is 0 Å². The van der Waals surface area contributed by atoms with E-state index in [9.17, 15) is 0 Å². The predicted octanol–water partition coefficient (Wildman–Crippen LogP) is -0.192. The Morgan fingerprint density at radius 1 is 1.73 bits per heavy atom. The standard InChI is InChI=1S/C6H9N5/c7-4-8-3-1-2-6-9-5-10-11-6/h5,8H,1-3H2,(H,9,10,11). The quantitative estimate of drug-likeness (QED) is 0.355. The van der Waals surface area contributed by atoms with Crippen LogP contribution in [-0.2, 0) is 6.42 Å². The van der Waals surface area contributed by atoms with E-state index in [2.05, 4.69) is 20.5 Å². The minimum Gasteiger partial charge on any atom is -0.324 e. The fourth-order valence-corrected chi connectivity index (χ4v) is 0.751. The minimum absolute atomic E-state index is 0.692. The molecule has 0 aromatic carbocycles. The second-order valence-corrected chi connectivity index (χ2v) is 2.07. The Labute approximate surface area is 64.5 Å². The summed E-state index contributed by atoms with van der Waals surface area (Å²) >= 11 is 0. The molecular formula is C6H9N5. The maximum atomic E-state index is 8.13. The van der Waals surface area contributed by atoms with E-state index in [4.69, 9.17) is 5.26 Å². The Bertz CT molecular complexity index is 222. The molecule has 0 radical (unpaired) electrons. The number of aryl methyl sites for hydroxylation is 1. The monoisotopic (exact) mass is 151 g/mol. The first-order valence-electron chi connectivity index (χ1n) is 3.39. The lowest BCUT2D eigenvalue weighted by molar-refractivity contribution is 0.732. The van der Waals surface area contributed by atoms with Crippen LogP contribution in [-0.4, -0.2) is 21.7 Å². The Morgan fingerprint density at radius 2 is 2.64 bits per heavy atom. The summed E-state index contributed by atoms with van der Waals surface area (Å²) in [7, 11) is 0. The molecule has 0 aliphatic carbocycles. The van der Waals surface area contributed by atoms with Crippen molar-refractivity contribution >= 4 is 0 Å². The molecule has 5 nitrogen and oxygen atoms in total. The summed E-state index contributed by atoms with van der Waals surface area (Å²) in [6.07, 6.45) is 5.05. The van der Waals surface area contributed by atoms with Crippen molar-refractivity contribution in [2.45, 2.75) is 12.8 Å². The topological polar surface area (TPSA) is 77.4 Å². The molecule has 0 aliphatic rings. The summed E-state index contributed by atoms with van der Waals surface area (Å²) in [5.41, 5.74) is 0. The number of hydrogen-bond acceptors (Lipinski definition) is 4. The Kier molecular flexibility index (Phi) is 2.93. The fraction of sp³-hybridized carbons (Fsp3) is 0.500. The van der Waals surface area contributed by atoms with Crippen LogP contribution >= 0.6 is 0 Å². The van der Waals surface area contributed by atoms with Crippen molar-refractivity contribution in [3.8, 4) is 6.19 Å². The first-order chi connectivity index (χ1) is 5.43. The van der Waals surface area contributed by atoms with E-state index in [-0.39, 0.29) is 0 Å². The van der Waals surface area contributed by atoms with Gasteiger partial charge in [-0.05, 0) is 6.42 Å². The highest BCUT2D eigenvalue weighted by atomic mass is 15.2. The lowest BCUT2D eigenvalue weighted by Crippen LogP contribution is -2.08. The molecule has 0 unspecified atom stereocenters. The Morgan fingerprint density at radius 3 is 3.27 bits per heavy atom. The molecule has 0 bridgehead atoms. The van der Waals surface area contributed by atoms with E-state index in [1.54, 1.807) is 0 Å². The third kappa shape index (κ3) is 2.67. The van der Waals surface area contributed by atoms with Crippen LogP contribution in [0, 0.1) is 11.5 Å². The molecule has 11 heavy (non-hydrogen) atoms. The summed E-state index contributed by atoms with van der Waals surface area (Å²) in [5, 5.41) is 17.1. The third-order valence-electron chi connectivity index (χ3n) is 1.26. The zero-order valence-corrected chi connectivity index (χ0v) is 6.04. The van der Waals surface area contributed by atoms with Crippen LogP contribution in [0.3, 0.4) is 0 Å². The van der Waals surface area contributed by atoms with Crippen LogP contribution < -0.4 is 5.32 Å². The van der Waals surface area contributed by atoms with Gasteiger partial charge in [-0.1, -0.05) is 0 Å². The number of aromatic nitrogens is 3. The van der Waals surface area contributed by atoms with Gasteiger partial charge in [-0.25, -0.2) is 4.98 Å². The largest absolute Gasteiger partial charge is 0.324 e. The molecule has 1 aromatic rings. The molecule has 0 amide bonds. The highest BCUT2D eigenvalue weighted by Gasteiger charge is 1.93. The van der Waals surface area contributed by atoms with Crippen LogP contribution in [0.5, 0.6) is 0 Å². The normalized spacial score (nSPS) is 9.00. The van der Waals surface area contributed by atoms with Gasteiger partial charge < -0.3 is 5.32 Å². The number of aromatic amines is 1.